The Kier molecular flexibility index (Phi) is 3.35. The highest BCUT2D eigenvalue weighted by Crippen LogP contribution is 2.37. The van der Waals surface area contributed by atoms with Crippen LogP contribution in [0.2, 0.25) is 5.02 Å². The molecule has 0 bridgehead atoms. The Morgan fingerprint density at radius 3 is 2.50 bits per heavy atom. The molecule has 1 unspecified atom stereocenters. The van der Waals surface area contributed by atoms with Crippen LogP contribution in [-0.4, -0.2) is 6.54 Å². The van der Waals surface area contributed by atoms with Crippen LogP contribution in [0.3, 0.4) is 0 Å². The molecule has 1 heterocycles. The summed E-state index contributed by atoms with van der Waals surface area (Å²) in [7, 11) is 0. The number of rotatable bonds is 1. The molecular weight excluding hydrogens is 270 g/mol. The third-order valence-corrected chi connectivity index (χ3v) is 3.99. The second-order valence-electron chi connectivity index (χ2n) is 5.44. The minimum absolute atomic E-state index is 0.0292. The van der Waals surface area contributed by atoms with Crippen molar-refractivity contribution >= 4 is 17.3 Å². The number of benzene rings is 2. The highest BCUT2D eigenvalue weighted by atomic mass is 35.5. The highest BCUT2D eigenvalue weighted by Gasteiger charge is 2.24. The second kappa shape index (κ2) is 5.02. The van der Waals surface area contributed by atoms with Crippen molar-refractivity contribution in [3.05, 3.63) is 57.6 Å². The summed E-state index contributed by atoms with van der Waals surface area (Å²) in [6.07, 6.45) is 0.0292. The Labute approximate surface area is 124 Å². The van der Waals surface area contributed by atoms with Gasteiger partial charge in [-0.25, -0.2) is 0 Å². The van der Waals surface area contributed by atoms with Crippen LogP contribution >= 0.6 is 11.6 Å². The molecule has 3 heteroatoms. The average molecular weight is 288 g/mol. The molecule has 2 aromatic rings. The summed E-state index contributed by atoms with van der Waals surface area (Å²) in [4.78, 5) is 0. The van der Waals surface area contributed by atoms with Crippen LogP contribution in [0.5, 0.6) is 5.75 Å². The van der Waals surface area contributed by atoms with Crippen LogP contribution < -0.4 is 10.1 Å². The molecule has 0 radical (unpaired) electrons. The van der Waals surface area contributed by atoms with Crippen molar-refractivity contribution in [3.8, 4) is 5.75 Å². The highest BCUT2D eigenvalue weighted by molar-refractivity contribution is 6.30. The van der Waals surface area contributed by atoms with E-state index in [4.69, 9.17) is 16.3 Å². The zero-order chi connectivity index (χ0) is 14.3. The second-order valence-corrected chi connectivity index (χ2v) is 5.88. The van der Waals surface area contributed by atoms with Crippen LogP contribution in [0.25, 0.3) is 0 Å². The maximum atomic E-state index is 6.15. The molecule has 20 heavy (non-hydrogen) atoms. The maximum absolute atomic E-state index is 6.15. The number of hydrogen-bond donors (Lipinski definition) is 1. The quantitative estimate of drug-likeness (QED) is 0.812. The number of fused-ring (bicyclic) bond motifs is 1. The van der Waals surface area contributed by atoms with Crippen molar-refractivity contribution in [2.24, 2.45) is 0 Å². The summed E-state index contributed by atoms with van der Waals surface area (Å²) in [5.74, 6) is 0.827. The fourth-order valence-corrected chi connectivity index (χ4v) is 3.16. The maximum Gasteiger partial charge on any atom is 0.144 e. The van der Waals surface area contributed by atoms with Crippen LogP contribution in [-0.2, 0) is 0 Å². The Bertz CT molecular complexity index is 643. The number of ether oxygens (including phenoxy) is 1. The van der Waals surface area contributed by atoms with E-state index < -0.39 is 0 Å². The lowest BCUT2D eigenvalue weighted by atomic mass is 9.95. The van der Waals surface area contributed by atoms with Gasteiger partial charge < -0.3 is 10.1 Å². The summed E-state index contributed by atoms with van der Waals surface area (Å²) in [5.41, 5.74) is 6.12. The van der Waals surface area contributed by atoms with Gasteiger partial charge in [-0.2, -0.15) is 0 Å². The van der Waals surface area contributed by atoms with E-state index in [0.717, 1.165) is 18.0 Å². The van der Waals surface area contributed by atoms with Crippen molar-refractivity contribution in [1.29, 1.82) is 0 Å². The third-order valence-electron chi connectivity index (χ3n) is 3.75. The minimum atomic E-state index is 0.0292. The third kappa shape index (κ3) is 2.36. The zero-order valence-electron chi connectivity index (χ0n) is 12.0. The molecule has 1 N–H and O–H groups in total. The number of hydrogen-bond acceptors (Lipinski definition) is 2. The molecule has 0 amide bonds. The fraction of sp³-hybridized carbons (Fsp3) is 0.294. The van der Waals surface area contributed by atoms with Gasteiger partial charge in [0.1, 0.15) is 11.9 Å². The predicted octanol–water partition coefficient (Wildman–Crippen LogP) is 4.81. The number of halogens is 1. The van der Waals surface area contributed by atoms with Crippen molar-refractivity contribution < 1.29 is 4.74 Å². The predicted molar refractivity (Wildman–Crippen MR) is 84.0 cm³/mol. The van der Waals surface area contributed by atoms with Gasteiger partial charge in [0.05, 0.1) is 12.2 Å². The lowest BCUT2D eigenvalue weighted by Crippen LogP contribution is -2.25. The first-order valence-corrected chi connectivity index (χ1v) is 7.20. The van der Waals surface area contributed by atoms with E-state index in [1.54, 1.807) is 0 Å². The van der Waals surface area contributed by atoms with Gasteiger partial charge in [0.2, 0.25) is 0 Å². The smallest absolute Gasteiger partial charge is 0.144 e. The van der Waals surface area contributed by atoms with Gasteiger partial charge in [0.25, 0.3) is 0 Å². The number of aryl methyl sites for hydroxylation is 3. The Balaban J connectivity index is 1.98. The molecule has 3 rings (SSSR count). The molecule has 2 nitrogen and oxygen atoms in total. The van der Waals surface area contributed by atoms with E-state index in [-0.39, 0.29) is 6.10 Å². The van der Waals surface area contributed by atoms with Gasteiger partial charge >= 0.3 is 0 Å². The van der Waals surface area contributed by atoms with E-state index >= 15 is 0 Å². The summed E-state index contributed by atoms with van der Waals surface area (Å²) >= 11 is 6.05. The largest absolute Gasteiger partial charge is 0.482 e. The lowest BCUT2D eigenvalue weighted by molar-refractivity contribution is 0.209. The van der Waals surface area contributed by atoms with E-state index in [1.807, 2.05) is 18.2 Å². The van der Waals surface area contributed by atoms with Gasteiger partial charge in [-0.3, -0.25) is 0 Å². The molecule has 0 fully saturated rings. The van der Waals surface area contributed by atoms with Crippen LogP contribution in [0.1, 0.15) is 28.4 Å². The molecule has 0 aliphatic carbocycles. The first-order chi connectivity index (χ1) is 9.54. The van der Waals surface area contributed by atoms with Crippen molar-refractivity contribution in [2.45, 2.75) is 26.9 Å². The summed E-state index contributed by atoms with van der Waals surface area (Å²) in [5, 5.41) is 4.12. The standard InChI is InChI=1S/C17H18ClNO/c1-10-6-11(2)17(12(3)7-10)16-9-19-14-5-4-13(18)8-15(14)20-16/h4-8,16,19H,9H2,1-3H3. The molecule has 1 atom stereocenters. The molecule has 0 spiro atoms. The molecule has 0 saturated heterocycles. The first kappa shape index (κ1) is 13.3. The minimum Gasteiger partial charge on any atom is -0.482 e. The van der Waals surface area contributed by atoms with E-state index in [9.17, 15) is 0 Å². The van der Waals surface area contributed by atoms with Crippen molar-refractivity contribution in [2.75, 3.05) is 11.9 Å². The zero-order valence-corrected chi connectivity index (χ0v) is 12.7. The summed E-state index contributed by atoms with van der Waals surface area (Å²) < 4.78 is 6.15. The topological polar surface area (TPSA) is 21.3 Å². The lowest BCUT2D eigenvalue weighted by Gasteiger charge is -2.30. The Morgan fingerprint density at radius 1 is 1.10 bits per heavy atom. The molecule has 1 aliphatic rings. The van der Waals surface area contributed by atoms with E-state index in [1.165, 1.54) is 22.3 Å². The number of anilines is 1. The molecular formula is C17H18ClNO. The van der Waals surface area contributed by atoms with Gasteiger partial charge in [0, 0.05) is 11.1 Å². The van der Waals surface area contributed by atoms with Gasteiger partial charge in [-0.15, -0.1) is 0 Å². The van der Waals surface area contributed by atoms with E-state index in [2.05, 4.69) is 38.2 Å². The summed E-state index contributed by atoms with van der Waals surface area (Å²) in [6.45, 7) is 7.19. The van der Waals surface area contributed by atoms with Gasteiger partial charge in [-0.05, 0) is 49.6 Å². The van der Waals surface area contributed by atoms with Crippen molar-refractivity contribution in [1.82, 2.24) is 0 Å². The summed E-state index contributed by atoms with van der Waals surface area (Å²) in [6, 6.07) is 10.1. The molecule has 104 valence electrons. The van der Waals surface area contributed by atoms with Crippen LogP contribution in [0.15, 0.2) is 30.3 Å². The average Bonchev–Trinajstić information content (AvgIpc) is 2.37. The normalized spacial score (nSPS) is 17.1. The van der Waals surface area contributed by atoms with Gasteiger partial charge in [-0.1, -0.05) is 29.3 Å². The van der Waals surface area contributed by atoms with E-state index in [0.29, 0.717) is 5.02 Å². The SMILES string of the molecule is Cc1cc(C)c(C2CNc3ccc(Cl)cc3O2)c(C)c1. The molecule has 0 aromatic heterocycles. The van der Waals surface area contributed by atoms with Crippen molar-refractivity contribution in [3.63, 3.8) is 0 Å². The molecule has 1 aliphatic heterocycles. The van der Waals surface area contributed by atoms with Crippen LogP contribution in [0, 0.1) is 20.8 Å². The Morgan fingerprint density at radius 2 is 1.80 bits per heavy atom. The Hall–Kier alpha value is -1.67. The fourth-order valence-electron chi connectivity index (χ4n) is 3.00. The van der Waals surface area contributed by atoms with Gasteiger partial charge in [0.15, 0.2) is 0 Å². The first-order valence-electron chi connectivity index (χ1n) is 6.82. The molecule has 0 saturated carbocycles. The monoisotopic (exact) mass is 287 g/mol. The number of nitrogens with one attached hydrogen (secondary N) is 1. The van der Waals surface area contributed by atoms with Crippen LogP contribution in [0.4, 0.5) is 5.69 Å². The molecule has 2 aromatic carbocycles.